The number of ketones is 1. The highest BCUT2D eigenvalue weighted by Crippen LogP contribution is 2.29. The fourth-order valence-electron chi connectivity index (χ4n) is 1.12. The number of halogens is 2. The number of rotatable bonds is 4. The normalized spacial score (nSPS) is 11.8. The molecule has 0 heterocycles. The second kappa shape index (κ2) is 6.23. The molecule has 0 saturated carbocycles. The summed E-state index contributed by atoms with van der Waals surface area (Å²) in [5.74, 6) is -2.93. The van der Waals surface area contributed by atoms with Crippen molar-refractivity contribution >= 4 is 40.7 Å². The van der Waals surface area contributed by atoms with E-state index in [2.05, 4.69) is 0 Å². The van der Waals surface area contributed by atoms with E-state index in [1.165, 1.54) is 0 Å². The van der Waals surface area contributed by atoms with Crippen LogP contribution in [-0.2, 0) is 9.59 Å². The van der Waals surface area contributed by atoms with Crippen LogP contribution < -0.4 is 0 Å². The van der Waals surface area contributed by atoms with Gasteiger partial charge < -0.3 is 10.2 Å². The lowest BCUT2D eigenvalue weighted by molar-refractivity contribution is -0.146. The summed E-state index contributed by atoms with van der Waals surface area (Å²) in [6, 6.07) is 4.70. The molecule has 0 aromatic heterocycles. The molecule has 0 atom stereocenters. The first kappa shape index (κ1) is 14.3. The van der Waals surface area contributed by atoms with E-state index in [9.17, 15) is 14.7 Å². The number of aliphatic carboxylic acids is 1. The molecule has 6 heteroatoms. The highest BCUT2D eigenvalue weighted by atomic mass is 35.5. The molecule has 0 radical (unpaired) electrons. The molecule has 2 N–H and O–H groups in total. The zero-order chi connectivity index (χ0) is 13.7. The van der Waals surface area contributed by atoms with Crippen molar-refractivity contribution in [1.29, 1.82) is 0 Å². The van der Waals surface area contributed by atoms with E-state index in [1.807, 2.05) is 0 Å². The zero-order valence-corrected chi connectivity index (χ0v) is 10.4. The molecule has 0 fully saturated rings. The molecule has 0 amide bonds. The van der Waals surface area contributed by atoms with Gasteiger partial charge >= 0.3 is 5.97 Å². The number of carbonyl (C=O) groups excluding carboxylic acids is 1. The minimum absolute atomic E-state index is 0.216. The Kier molecular flexibility index (Phi) is 4.95. The molecule has 0 unspecified atom stereocenters. The molecule has 0 aliphatic heterocycles. The van der Waals surface area contributed by atoms with Crippen LogP contribution >= 0.6 is 23.2 Å². The minimum Gasteiger partial charge on any atom is -0.507 e. The van der Waals surface area contributed by atoms with Crippen LogP contribution in [0.15, 0.2) is 36.4 Å². The van der Waals surface area contributed by atoms with Gasteiger partial charge in [-0.15, -0.1) is 0 Å². The summed E-state index contributed by atoms with van der Waals surface area (Å²) in [7, 11) is 0. The smallest absolute Gasteiger partial charge is 0.376 e. The van der Waals surface area contributed by atoms with E-state index >= 15 is 0 Å². The van der Waals surface area contributed by atoms with Gasteiger partial charge in [0.05, 0.1) is 15.6 Å². The minimum atomic E-state index is -1.57. The van der Waals surface area contributed by atoms with Gasteiger partial charge in [-0.05, 0) is 24.3 Å². The Hall–Kier alpha value is -1.78. The Morgan fingerprint density at radius 1 is 1.11 bits per heavy atom. The van der Waals surface area contributed by atoms with E-state index in [0.717, 1.165) is 18.2 Å². The second-order valence-electron chi connectivity index (χ2n) is 3.18. The predicted octanol–water partition coefficient (Wildman–Crippen LogP) is 3.10. The van der Waals surface area contributed by atoms with E-state index in [1.54, 1.807) is 18.2 Å². The van der Waals surface area contributed by atoms with Crippen LogP contribution in [0.25, 0.3) is 5.76 Å². The Morgan fingerprint density at radius 3 is 2.17 bits per heavy atom. The lowest BCUT2D eigenvalue weighted by Gasteiger charge is -2.04. The number of carbonyl (C=O) groups is 2. The summed E-state index contributed by atoms with van der Waals surface area (Å²) in [6.45, 7) is 0. The number of aliphatic hydroxyl groups is 1. The van der Waals surface area contributed by atoms with Gasteiger partial charge in [-0.2, -0.15) is 0 Å². The maximum absolute atomic E-state index is 10.7. The number of carboxylic acids is 1. The highest BCUT2D eigenvalue weighted by molar-refractivity contribution is 6.38. The van der Waals surface area contributed by atoms with Crippen molar-refractivity contribution < 1.29 is 19.8 Å². The molecule has 0 spiro atoms. The fraction of sp³-hybridized carbons (Fsp3) is 0. The van der Waals surface area contributed by atoms with Gasteiger partial charge in [0, 0.05) is 0 Å². The summed E-state index contributed by atoms with van der Waals surface area (Å²) < 4.78 is 0. The van der Waals surface area contributed by atoms with Crippen molar-refractivity contribution in [3.63, 3.8) is 0 Å². The largest absolute Gasteiger partial charge is 0.507 e. The number of hydrogen-bond acceptors (Lipinski definition) is 3. The van der Waals surface area contributed by atoms with Crippen molar-refractivity contribution in [1.82, 2.24) is 0 Å². The number of carboxylic acid groups (broad SMARTS) is 1. The lowest BCUT2D eigenvalue weighted by atomic mass is 10.1. The topological polar surface area (TPSA) is 74.6 Å². The van der Waals surface area contributed by atoms with E-state index in [-0.39, 0.29) is 21.4 Å². The molecular formula is C12H8Cl2O4. The molecule has 0 bridgehead atoms. The van der Waals surface area contributed by atoms with Gasteiger partial charge in [0.15, 0.2) is 0 Å². The van der Waals surface area contributed by atoms with Crippen molar-refractivity contribution in [2.75, 3.05) is 0 Å². The summed E-state index contributed by atoms with van der Waals surface area (Å²) in [5.41, 5.74) is 0.216. The molecule has 0 saturated heterocycles. The molecule has 1 aromatic rings. The predicted molar refractivity (Wildman–Crippen MR) is 68.9 cm³/mol. The SMILES string of the molecule is O=C(O)C(=O)/C=C/C=C(\O)c1c(Cl)cccc1Cl. The molecule has 94 valence electrons. The van der Waals surface area contributed by atoms with Crippen LogP contribution in [0, 0.1) is 0 Å². The summed E-state index contributed by atoms with van der Waals surface area (Å²) in [5, 5.41) is 18.5. The highest BCUT2D eigenvalue weighted by Gasteiger charge is 2.09. The Morgan fingerprint density at radius 2 is 1.67 bits per heavy atom. The first-order valence-corrected chi connectivity index (χ1v) is 5.48. The number of hydrogen-bond donors (Lipinski definition) is 2. The Labute approximate surface area is 113 Å². The third kappa shape index (κ3) is 3.61. The molecular weight excluding hydrogens is 279 g/mol. The third-order valence-electron chi connectivity index (χ3n) is 1.93. The van der Waals surface area contributed by atoms with E-state index in [0.29, 0.717) is 0 Å². The summed E-state index contributed by atoms with van der Waals surface area (Å²) in [4.78, 5) is 21.0. The van der Waals surface area contributed by atoms with Crippen molar-refractivity contribution in [3.8, 4) is 0 Å². The average molecular weight is 287 g/mol. The molecule has 1 aromatic carbocycles. The molecule has 18 heavy (non-hydrogen) atoms. The van der Waals surface area contributed by atoms with Crippen LogP contribution in [0.3, 0.4) is 0 Å². The summed E-state index contributed by atoms with van der Waals surface area (Å²) in [6.07, 6.45) is 3.04. The average Bonchev–Trinajstić information content (AvgIpc) is 2.28. The van der Waals surface area contributed by atoms with Crippen LogP contribution in [0.2, 0.25) is 10.0 Å². The van der Waals surface area contributed by atoms with Crippen LogP contribution in [0.4, 0.5) is 0 Å². The zero-order valence-electron chi connectivity index (χ0n) is 8.93. The van der Waals surface area contributed by atoms with Crippen molar-refractivity contribution in [3.05, 3.63) is 52.0 Å². The molecule has 4 nitrogen and oxygen atoms in total. The van der Waals surface area contributed by atoms with Crippen LogP contribution in [-0.4, -0.2) is 22.0 Å². The third-order valence-corrected chi connectivity index (χ3v) is 2.56. The Bertz CT molecular complexity index is 527. The number of benzene rings is 1. The van der Waals surface area contributed by atoms with Gasteiger partial charge in [0.2, 0.25) is 0 Å². The Balaban J connectivity index is 2.97. The van der Waals surface area contributed by atoms with Gasteiger partial charge in [-0.3, -0.25) is 4.79 Å². The maximum atomic E-state index is 10.7. The first-order valence-electron chi connectivity index (χ1n) is 4.72. The molecule has 0 aliphatic rings. The van der Waals surface area contributed by atoms with Gasteiger partial charge in [0.1, 0.15) is 5.76 Å². The quantitative estimate of drug-likeness (QED) is 0.386. The second-order valence-corrected chi connectivity index (χ2v) is 3.99. The lowest BCUT2D eigenvalue weighted by Crippen LogP contribution is -2.08. The van der Waals surface area contributed by atoms with Crippen LogP contribution in [0.1, 0.15) is 5.56 Å². The molecule has 0 aliphatic carbocycles. The number of aliphatic hydroxyl groups excluding tert-OH is 1. The van der Waals surface area contributed by atoms with Gasteiger partial charge in [0.25, 0.3) is 5.78 Å². The van der Waals surface area contributed by atoms with Crippen molar-refractivity contribution in [2.24, 2.45) is 0 Å². The number of allylic oxidation sites excluding steroid dienone is 2. The van der Waals surface area contributed by atoms with Crippen LogP contribution in [0.5, 0.6) is 0 Å². The first-order chi connectivity index (χ1) is 8.43. The van der Waals surface area contributed by atoms with Gasteiger partial charge in [-0.25, -0.2) is 4.79 Å². The van der Waals surface area contributed by atoms with E-state index in [4.69, 9.17) is 28.3 Å². The monoisotopic (exact) mass is 286 g/mol. The van der Waals surface area contributed by atoms with Crippen molar-refractivity contribution in [2.45, 2.75) is 0 Å². The molecule has 1 rings (SSSR count). The maximum Gasteiger partial charge on any atom is 0.376 e. The fourth-order valence-corrected chi connectivity index (χ4v) is 1.71. The summed E-state index contributed by atoms with van der Waals surface area (Å²) >= 11 is 11.7. The standard InChI is InChI=1S/C12H8Cl2O4/c13-7-3-1-4-8(14)11(7)9(15)5-2-6-10(16)12(17)18/h1-6,15H,(H,17,18)/b6-2+,9-5-. The van der Waals surface area contributed by atoms with Gasteiger partial charge in [-0.1, -0.05) is 35.3 Å². The van der Waals surface area contributed by atoms with E-state index < -0.39 is 11.8 Å².